The minimum Gasteiger partial charge on any atom is -0.494 e. The Kier molecular flexibility index (Phi) is 5.73. The molecule has 6 heteroatoms. The van der Waals surface area contributed by atoms with E-state index in [4.69, 9.17) is 13.9 Å². The molecule has 0 spiro atoms. The van der Waals surface area contributed by atoms with Gasteiger partial charge in [0, 0.05) is 24.0 Å². The third-order valence-electron chi connectivity index (χ3n) is 5.13. The van der Waals surface area contributed by atoms with Crippen LogP contribution in [-0.2, 0) is 9.53 Å². The number of fused-ring (bicyclic) bond motifs is 1. The number of furan rings is 1. The van der Waals surface area contributed by atoms with Crippen LogP contribution in [0.1, 0.15) is 49.7 Å². The number of aryl methyl sites for hydroxylation is 1. The van der Waals surface area contributed by atoms with Crippen LogP contribution >= 0.6 is 0 Å². The highest BCUT2D eigenvalue weighted by Gasteiger charge is 2.29. The van der Waals surface area contributed by atoms with Crippen LogP contribution in [0.25, 0.3) is 11.0 Å². The molecular weight excluding hydrogens is 346 g/mol. The monoisotopic (exact) mass is 373 g/mol. The third-order valence-corrected chi connectivity index (χ3v) is 5.13. The maximum Gasteiger partial charge on any atom is 0.375 e. The zero-order valence-corrected chi connectivity index (χ0v) is 16.4. The summed E-state index contributed by atoms with van der Waals surface area (Å²) >= 11 is 0. The fraction of sp³-hybridized carbons (Fsp3) is 0.524. The Balaban J connectivity index is 1.71. The third kappa shape index (κ3) is 4.10. The molecule has 1 fully saturated rings. The van der Waals surface area contributed by atoms with Gasteiger partial charge in [0.05, 0.1) is 6.61 Å². The molecule has 1 aliphatic rings. The molecule has 1 unspecified atom stereocenters. The fourth-order valence-corrected chi connectivity index (χ4v) is 3.40. The van der Waals surface area contributed by atoms with Gasteiger partial charge >= 0.3 is 5.97 Å². The van der Waals surface area contributed by atoms with Gasteiger partial charge in [0.2, 0.25) is 5.76 Å². The van der Waals surface area contributed by atoms with Crippen molar-refractivity contribution in [2.24, 2.45) is 5.92 Å². The normalized spacial score (nSPS) is 16.4. The molecule has 1 saturated heterocycles. The SMILES string of the molecule is CCOc1ccc2oc(C(=O)OC(C)C(=O)N3CCC(C)CC3)c(C)c2c1. The van der Waals surface area contributed by atoms with E-state index in [-0.39, 0.29) is 11.7 Å². The van der Waals surface area contributed by atoms with Gasteiger partial charge in [0.1, 0.15) is 11.3 Å². The van der Waals surface area contributed by atoms with Crippen LogP contribution in [0.3, 0.4) is 0 Å². The van der Waals surface area contributed by atoms with Crippen molar-refractivity contribution in [3.63, 3.8) is 0 Å². The molecule has 6 nitrogen and oxygen atoms in total. The lowest BCUT2D eigenvalue weighted by atomic mass is 9.99. The van der Waals surface area contributed by atoms with Crippen molar-refractivity contribution in [2.45, 2.75) is 46.6 Å². The van der Waals surface area contributed by atoms with E-state index >= 15 is 0 Å². The zero-order chi connectivity index (χ0) is 19.6. The number of piperidine rings is 1. The average Bonchev–Trinajstić information content (AvgIpc) is 2.98. The minimum atomic E-state index is -0.836. The van der Waals surface area contributed by atoms with Crippen molar-refractivity contribution in [1.82, 2.24) is 4.90 Å². The average molecular weight is 373 g/mol. The highest BCUT2D eigenvalue weighted by Crippen LogP contribution is 2.29. The quantitative estimate of drug-likeness (QED) is 0.743. The lowest BCUT2D eigenvalue weighted by molar-refractivity contribution is -0.141. The molecule has 1 amide bonds. The molecule has 2 heterocycles. The van der Waals surface area contributed by atoms with Gasteiger partial charge in [-0.25, -0.2) is 4.79 Å². The lowest BCUT2D eigenvalue weighted by Crippen LogP contribution is -2.44. The van der Waals surface area contributed by atoms with Gasteiger partial charge in [-0.05, 0) is 57.7 Å². The van der Waals surface area contributed by atoms with Gasteiger partial charge in [-0.15, -0.1) is 0 Å². The number of hydrogen-bond acceptors (Lipinski definition) is 5. The summed E-state index contributed by atoms with van der Waals surface area (Å²) in [4.78, 5) is 26.9. The molecule has 146 valence electrons. The largest absolute Gasteiger partial charge is 0.494 e. The van der Waals surface area contributed by atoms with Gasteiger partial charge in [0.15, 0.2) is 6.10 Å². The molecule has 1 aromatic carbocycles. The minimum absolute atomic E-state index is 0.130. The molecule has 1 atom stereocenters. The van der Waals surface area contributed by atoms with Crippen LogP contribution < -0.4 is 4.74 Å². The fourth-order valence-electron chi connectivity index (χ4n) is 3.40. The Morgan fingerprint density at radius 2 is 2.00 bits per heavy atom. The number of hydrogen-bond donors (Lipinski definition) is 0. The topological polar surface area (TPSA) is 69.0 Å². The van der Waals surface area contributed by atoms with E-state index in [0.29, 0.717) is 36.8 Å². The van der Waals surface area contributed by atoms with Crippen LogP contribution in [0.4, 0.5) is 0 Å². The summed E-state index contributed by atoms with van der Waals surface area (Å²) in [7, 11) is 0. The molecule has 0 aliphatic carbocycles. The molecule has 0 saturated carbocycles. The van der Waals surface area contributed by atoms with Gasteiger partial charge in [-0.1, -0.05) is 6.92 Å². The van der Waals surface area contributed by atoms with Gasteiger partial charge < -0.3 is 18.8 Å². The second-order valence-electron chi connectivity index (χ2n) is 7.20. The number of carbonyl (C=O) groups excluding carboxylic acids is 2. The summed E-state index contributed by atoms with van der Waals surface area (Å²) in [6.07, 6.45) is 1.13. The standard InChI is InChI=1S/C21H27NO5/c1-5-25-16-6-7-18-17(12-16)14(3)19(27-18)21(24)26-15(4)20(23)22-10-8-13(2)9-11-22/h6-7,12-13,15H,5,8-11H2,1-4H3. The summed E-state index contributed by atoms with van der Waals surface area (Å²) in [6, 6.07) is 5.42. The highest BCUT2D eigenvalue weighted by molar-refractivity contribution is 5.97. The first-order valence-electron chi connectivity index (χ1n) is 9.56. The molecule has 0 N–H and O–H groups in total. The van der Waals surface area contributed by atoms with Crippen molar-refractivity contribution >= 4 is 22.8 Å². The van der Waals surface area contributed by atoms with Crippen LogP contribution in [0.5, 0.6) is 5.75 Å². The number of nitrogens with zero attached hydrogens (tertiary/aromatic N) is 1. The van der Waals surface area contributed by atoms with Gasteiger partial charge in [-0.2, -0.15) is 0 Å². The summed E-state index contributed by atoms with van der Waals surface area (Å²) in [5.74, 6) is 0.712. The van der Waals surface area contributed by atoms with E-state index in [1.54, 1.807) is 30.9 Å². The summed E-state index contributed by atoms with van der Waals surface area (Å²) < 4.78 is 16.6. The van der Waals surface area contributed by atoms with Crippen molar-refractivity contribution in [3.8, 4) is 5.75 Å². The molecule has 1 aromatic heterocycles. The Labute approximate surface area is 159 Å². The van der Waals surface area contributed by atoms with E-state index in [1.807, 2.05) is 13.0 Å². The Morgan fingerprint density at radius 3 is 2.67 bits per heavy atom. The number of likely N-dealkylation sites (tertiary alicyclic amines) is 1. The number of amides is 1. The number of esters is 1. The molecule has 3 rings (SSSR count). The predicted molar refractivity (Wildman–Crippen MR) is 102 cm³/mol. The number of benzene rings is 1. The van der Waals surface area contributed by atoms with Crippen LogP contribution in [0, 0.1) is 12.8 Å². The van der Waals surface area contributed by atoms with Crippen LogP contribution in [-0.4, -0.2) is 42.6 Å². The second kappa shape index (κ2) is 8.03. The molecule has 1 aliphatic heterocycles. The first-order valence-corrected chi connectivity index (χ1v) is 9.56. The Bertz CT molecular complexity index is 832. The lowest BCUT2D eigenvalue weighted by Gasteiger charge is -2.31. The highest BCUT2D eigenvalue weighted by atomic mass is 16.6. The molecule has 27 heavy (non-hydrogen) atoms. The molecule has 0 bridgehead atoms. The molecular formula is C21H27NO5. The first-order chi connectivity index (χ1) is 12.9. The number of carbonyl (C=O) groups is 2. The van der Waals surface area contributed by atoms with Crippen LogP contribution in [0.2, 0.25) is 0 Å². The smallest absolute Gasteiger partial charge is 0.375 e. The maximum atomic E-state index is 12.6. The van der Waals surface area contributed by atoms with Gasteiger partial charge in [0.25, 0.3) is 5.91 Å². The van der Waals surface area contributed by atoms with Gasteiger partial charge in [-0.3, -0.25) is 4.79 Å². The number of ether oxygens (including phenoxy) is 2. The second-order valence-corrected chi connectivity index (χ2v) is 7.20. The number of rotatable bonds is 5. The zero-order valence-electron chi connectivity index (χ0n) is 16.4. The van der Waals surface area contributed by atoms with E-state index in [9.17, 15) is 9.59 Å². The Morgan fingerprint density at radius 1 is 1.30 bits per heavy atom. The van der Waals surface area contributed by atoms with E-state index in [0.717, 1.165) is 24.0 Å². The molecule has 0 radical (unpaired) electrons. The van der Waals surface area contributed by atoms with Crippen LogP contribution in [0.15, 0.2) is 22.6 Å². The summed E-state index contributed by atoms with van der Waals surface area (Å²) in [6.45, 7) is 9.51. The van der Waals surface area contributed by atoms with E-state index < -0.39 is 12.1 Å². The molecule has 2 aromatic rings. The van der Waals surface area contributed by atoms with E-state index in [2.05, 4.69) is 6.92 Å². The predicted octanol–water partition coefficient (Wildman–Crippen LogP) is 3.94. The first kappa shape index (κ1) is 19.3. The van der Waals surface area contributed by atoms with Crippen molar-refractivity contribution in [3.05, 3.63) is 29.5 Å². The maximum absolute atomic E-state index is 12.6. The Hall–Kier alpha value is -2.50. The van der Waals surface area contributed by atoms with E-state index in [1.165, 1.54) is 0 Å². The van der Waals surface area contributed by atoms with Crippen molar-refractivity contribution in [2.75, 3.05) is 19.7 Å². The van der Waals surface area contributed by atoms with Crippen molar-refractivity contribution in [1.29, 1.82) is 0 Å². The van der Waals surface area contributed by atoms with Crippen molar-refractivity contribution < 1.29 is 23.5 Å². The summed E-state index contributed by atoms with van der Waals surface area (Å²) in [5, 5.41) is 0.803. The summed E-state index contributed by atoms with van der Waals surface area (Å²) in [5.41, 5.74) is 1.27.